The van der Waals surface area contributed by atoms with E-state index in [0.29, 0.717) is 12.1 Å². The van der Waals surface area contributed by atoms with Crippen LogP contribution in [0.3, 0.4) is 0 Å². The Hall–Kier alpha value is -2.80. The molecule has 1 aliphatic rings. The first-order chi connectivity index (χ1) is 15.1. The molecule has 166 valence electrons. The van der Waals surface area contributed by atoms with Crippen LogP contribution in [0.4, 0.5) is 23.0 Å². The molecule has 4 rings (SSSR count). The van der Waals surface area contributed by atoms with Gasteiger partial charge in [0.05, 0.1) is 6.20 Å². The average molecular weight is 423 g/mol. The van der Waals surface area contributed by atoms with Gasteiger partial charge in [-0.2, -0.15) is 9.61 Å². The fourth-order valence-electron chi connectivity index (χ4n) is 4.40. The van der Waals surface area contributed by atoms with Gasteiger partial charge in [0.15, 0.2) is 5.65 Å². The SMILES string of the molecule is CCc1cnn2c(Nc3cccc(NC(C)C)c3)cc(N3CCCC[C@H]3CCO)nc12. The Bertz CT molecular complexity index is 1010. The van der Waals surface area contributed by atoms with Crippen LogP contribution in [0, 0.1) is 0 Å². The van der Waals surface area contributed by atoms with Crippen LogP contribution in [0.15, 0.2) is 36.5 Å². The van der Waals surface area contributed by atoms with Gasteiger partial charge in [-0.3, -0.25) is 0 Å². The molecule has 0 spiro atoms. The molecule has 1 saturated heterocycles. The number of nitrogens with one attached hydrogen (secondary N) is 2. The molecule has 3 aromatic rings. The van der Waals surface area contributed by atoms with Crippen LogP contribution in [-0.4, -0.2) is 44.9 Å². The van der Waals surface area contributed by atoms with Crippen molar-refractivity contribution in [1.82, 2.24) is 14.6 Å². The zero-order valence-corrected chi connectivity index (χ0v) is 18.8. The Morgan fingerprint density at radius 1 is 1.19 bits per heavy atom. The second-order valence-corrected chi connectivity index (χ2v) is 8.62. The molecule has 0 radical (unpaired) electrons. The van der Waals surface area contributed by atoms with Gasteiger partial charge in [0.1, 0.15) is 11.6 Å². The molecule has 0 aliphatic carbocycles. The van der Waals surface area contributed by atoms with Crippen molar-refractivity contribution in [2.45, 2.75) is 65.0 Å². The zero-order valence-electron chi connectivity index (χ0n) is 18.8. The third-order valence-electron chi connectivity index (χ3n) is 5.89. The third-order valence-corrected chi connectivity index (χ3v) is 5.89. The van der Waals surface area contributed by atoms with E-state index < -0.39 is 0 Å². The summed E-state index contributed by atoms with van der Waals surface area (Å²) < 4.78 is 1.90. The highest BCUT2D eigenvalue weighted by Crippen LogP contribution is 2.30. The Morgan fingerprint density at radius 3 is 2.81 bits per heavy atom. The predicted molar refractivity (Wildman–Crippen MR) is 128 cm³/mol. The molecule has 0 bridgehead atoms. The Morgan fingerprint density at radius 2 is 2.03 bits per heavy atom. The minimum absolute atomic E-state index is 0.205. The van der Waals surface area contributed by atoms with Crippen molar-refractivity contribution in [2.24, 2.45) is 0 Å². The van der Waals surface area contributed by atoms with Gasteiger partial charge in [0.2, 0.25) is 0 Å². The lowest BCUT2D eigenvalue weighted by atomic mass is 9.99. The summed E-state index contributed by atoms with van der Waals surface area (Å²) in [6.45, 7) is 7.58. The molecule has 0 amide bonds. The van der Waals surface area contributed by atoms with E-state index in [1.54, 1.807) is 0 Å². The summed E-state index contributed by atoms with van der Waals surface area (Å²) in [6, 6.07) is 11.1. The van der Waals surface area contributed by atoms with Crippen LogP contribution in [0.1, 0.15) is 52.0 Å². The standard InChI is InChI=1S/C24H34N6O/c1-4-18-16-25-30-23(27-20-9-7-8-19(14-20)26-17(2)3)15-22(28-24(18)30)29-12-6-5-10-21(29)11-13-31/h7-9,14-17,21,26-27,31H,4-6,10-13H2,1-3H3/t21-/m0/s1. The number of anilines is 4. The summed E-state index contributed by atoms with van der Waals surface area (Å²) in [5.74, 6) is 1.86. The van der Waals surface area contributed by atoms with Gasteiger partial charge in [-0.05, 0) is 64.2 Å². The molecule has 2 aromatic heterocycles. The van der Waals surface area contributed by atoms with Gasteiger partial charge >= 0.3 is 0 Å². The van der Waals surface area contributed by atoms with Gasteiger partial charge in [0.25, 0.3) is 0 Å². The van der Waals surface area contributed by atoms with E-state index in [-0.39, 0.29) is 6.61 Å². The first kappa shape index (κ1) is 21.4. The van der Waals surface area contributed by atoms with Crippen molar-refractivity contribution in [3.05, 3.63) is 42.1 Å². The van der Waals surface area contributed by atoms with E-state index in [1.165, 1.54) is 6.42 Å². The summed E-state index contributed by atoms with van der Waals surface area (Å²) in [5.41, 5.74) is 4.12. The largest absolute Gasteiger partial charge is 0.396 e. The minimum Gasteiger partial charge on any atom is -0.396 e. The lowest BCUT2D eigenvalue weighted by Crippen LogP contribution is -2.40. The number of aromatic nitrogens is 3. The maximum absolute atomic E-state index is 9.56. The molecule has 1 aromatic carbocycles. The molecule has 3 heterocycles. The molecule has 0 saturated carbocycles. The molecule has 1 aliphatic heterocycles. The van der Waals surface area contributed by atoms with Gasteiger partial charge in [-0.1, -0.05) is 13.0 Å². The van der Waals surface area contributed by atoms with Crippen molar-refractivity contribution >= 4 is 28.7 Å². The first-order valence-corrected chi connectivity index (χ1v) is 11.5. The molecule has 3 N–H and O–H groups in total. The summed E-state index contributed by atoms with van der Waals surface area (Å²) in [5, 5.41) is 21.2. The van der Waals surface area contributed by atoms with E-state index >= 15 is 0 Å². The van der Waals surface area contributed by atoms with E-state index in [1.807, 2.05) is 10.7 Å². The van der Waals surface area contributed by atoms with Crippen molar-refractivity contribution in [2.75, 3.05) is 28.7 Å². The second-order valence-electron chi connectivity index (χ2n) is 8.62. The average Bonchev–Trinajstić information content (AvgIpc) is 3.17. The number of aliphatic hydroxyl groups is 1. The lowest BCUT2D eigenvalue weighted by Gasteiger charge is -2.36. The van der Waals surface area contributed by atoms with E-state index in [9.17, 15) is 5.11 Å². The Labute approximate surface area is 184 Å². The van der Waals surface area contributed by atoms with Gasteiger partial charge in [-0.25, -0.2) is 4.98 Å². The van der Waals surface area contributed by atoms with Gasteiger partial charge < -0.3 is 20.6 Å². The highest BCUT2D eigenvalue weighted by atomic mass is 16.3. The molecule has 7 heteroatoms. The van der Waals surface area contributed by atoms with Crippen molar-refractivity contribution in [3.63, 3.8) is 0 Å². The number of hydrogen-bond acceptors (Lipinski definition) is 6. The van der Waals surface area contributed by atoms with Crippen LogP contribution in [-0.2, 0) is 6.42 Å². The minimum atomic E-state index is 0.205. The fourth-order valence-corrected chi connectivity index (χ4v) is 4.40. The zero-order chi connectivity index (χ0) is 21.8. The van der Waals surface area contributed by atoms with Crippen molar-refractivity contribution < 1.29 is 5.11 Å². The second kappa shape index (κ2) is 9.56. The van der Waals surface area contributed by atoms with Crippen molar-refractivity contribution in [3.8, 4) is 0 Å². The van der Waals surface area contributed by atoms with Crippen LogP contribution < -0.4 is 15.5 Å². The molecule has 0 unspecified atom stereocenters. The van der Waals surface area contributed by atoms with E-state index in [0.717, 1.165) is 66.4 Å². The van der Waals surface area contributed by atoms with Crippen LogP contribution in [0.5, 0.6) is 0 Å². The monoisotopic (exact) mass is 422 g/mol. The Balaban J connectivity index is 1.73. The number of benzene rings is 1. The quantitative estimate of drug-likeness (QED) is 0.493. The van der Waals surface area contributed by atoms with Gasteiger partial charge in [0, 0.05) is 48.2 Å². The molecular formula is C24H34N6O. The van der Waals surface area contributed by atoms with E-state index in [2.05, 4.69) is 71.7 Å². The van der Waals surface area contributed by atoms with Crippen LogP contribution in [0.2, 0.25) is 0 Å². The molecule has 1 fully saturated rings. The maximum atomic E-state index is 9.56. The molecular weight excluding hydrogens is 388 g/mol. The lowest BCUT2D eigenvalue weighted by molar-refractivity contribution is 0.262. The number of nitrogens with zero attached hydrogens (tertiary/aromatic N) is 4. The number of aliphatic hydroxyl groups excluding tert-OH is 1. The predicted octanol–water partition coefficient (Wildman–Crippen LogP) is 4.60. The first-order valence-electron chi connectivity index (χ1n) is 11.5. The molecule has 7 nitrogen and oxygen atoms in total. The highest BCUT2D eigenvalue weighted by Gasteiger charge is 2.25. The van der Waals surface area contributed by atoms with Gasteiger partial charge in [-0.15, -0.1) is 0 Å². The highest BCUT2D eigenvalue weighted by molar-refractivity contribution is 5.68. The van der Waals surface area contributed by atoms with Crippen LogP contribution >= 0.6 is 0 Å². The van der Waals surface area contributed by atoms with Crippen molar-refractivity contribution in [1.29, 1.82) is 0 Å². The fraction of sp³-hybridized carbons (Fsp3) is 0.500. The number of fused-ring (bicyclic) bond motifs is 1. The maximum Gasteiger partial charge on any atom is 0.162 e. The van der Waals surface area contributed by atoms with Crippen LogP contribution in [0.25, 0.3) is 5.65 Å². The third kappa shape index (κ3) is 4.77. The summed E-state index contributed by atoms with van der Waals surface area (Å²) in [7, 11) is 0. The topological polar surface area (TPSA) is 77.7 Å². The normalized spacial score (nSPS) is 16.8. The number of rotatable bonds is 8. The Kier molecular flexibility index (Phi) is 6.61. The molecule has 1 atom stereocenters. The molecule has 31 heavy (non-hydrogen) atoms. The smallest absolute Gasteiger partial charge is 0.162 e. The number of piperidine rings is 1. The number of hydrogen-bond donors (Lipinski definition) is 3. The number of aryl methyl sites for hydroxylation is 1. The summed E-state index contributed by atoms with van der Waals surface area (Å²) in [6.07, 6.45) is 7.03. The van der Waals surface area contributed by atoms with E-state index in [4.69, 9.17) is 4.98 Å². The summed E-state index contributed by atoms with van der Waals surface area (Å²) >= 11 is 0. The summed E-state index contributed by atoms with van der Waals surface area (Å²) in [4.78, 5) is 7.38.